The van der Waals surface area contributed by atoms with Gasteiger partial charge in [0.05, 0.1) is 5.60 Å². The van der Waals surface area contributed by atoms with E-state index >= 15 is 0 Å². The van der Waals surface area contributed by atoms with Crippen LogP contribution in [0.3, 0.4) is 0 Å². The first kappa shape index (κ1) is 11.0. The molecule has 1 fully saturated rings. The van der Waals surface area contributed by atoms with Crippen molar-refractivity contribution in [1.82, 2.24) is 9.80 Å². The van der Waals surface area contributed by atoms with Crippen LogP contribution in [0, 0.1) is 0 Å². The van der Waals surface area contributed by atoms with Gasteiger partial charge in [0.2, 0.25) is 0 Å². The average molecular weight is 186 g/mol. The number of rotatable bonds is 2. The molecule has 0 aromatic rings. The molecule has 1 atom stereocenters. The van der Waals surface area contributed by atoms with Crippen LogP contribution in [0.5, 0.6) is 0 Å². The first-order chi connectivity index (χ1) is 5.88. The quantitative estimate of drug-likeness (QED) is 0.676. The molecule has 3 heteroatoms. The second-order valence-electron chi connectivity index (χ2n) is 4.89. The van der Waals surface area contributed by atoms with Crippen molar-refractivity contribution >= 4 is 0 Å². The summed E-state index contributed by atoms with van der Waals surface area (Å²) >= 11 is 0. The Morgan fingerprint density at radius 3 is 2.46 bits per heavy atom. The molecule has 0 aromatic heterocycles. The summed E-state index contributed by atoms with van der Waals surface area (Å²) in [4.78, 5) is 4.70. The third kappa shape index (κ3) is 3.63. The van der Waals surface area contributed by atoms with E-state index < -0.39 is 5.60 Å². The van der Waals surface area contributed by atoms with Gasteiger partial charge in [-0.2, -0.15) is 0 Å². The van der Waals surface area contributed by atoms with Gasteiger partial charge >= 0.3 is 0 Å². The fraction of sp³-hybridized carbons (Fsp3) is 1.00. The van der Waals surface area contributed by atoms with Crippen LogP contribution in [0.15, 0.2) is 0 Å². The highest BCUT2D eigenvalue weighted by Gasteiger charge is 2.26. The Bertz CT molecular complexity index is 165. The standard InChI is InChI=1S/C10H22N2O/c1-9-7-11(4)5-6-12(9)8-10(2,3)13/h9,13H,5-8H2,1-4H3/t9-/m1/s1. The fourth-order valence-electron chi connectivity index (χ4n) is 1.91. The number of aliphatic hydroxyl groups is 1. The zero-order valence-electron chi connectivity index (χ0n) is 9.25. The molecule has 1 heterocycles. The molecule has 13 heavy (non-hydrogen) atoms. The summed E-state index contributed by atoms with van der Waals surface area (Å²) < 4.78 is 0. The van der Waals surface area contributed by atoms with Crippen molar-refractivity contribution in [3.8, 4) is 0 Å². The highest BCUT2D eigenvalue weighted by atomic mass is 16.3. The van der Waals surface area contributed by atoms with Crippen molar-refractivity contribution in [2.24, 2.45) is 0 Å². The van der Waals surface area contributed by atoms with Crippen molar-refractivity contribution in [1.29, 1.82) is 0 Å². The monoisotopic (exact) mass is 186 g/mol. The first-order valence-electron chi connectivity index (χ1n) is 5.03. The van der Waals surface area contributed by atoms with Gasteiger partial charge in [0.1, 0.15) is 0 Å². The van der Waals surface area contributed by atoms with E-state index in [1.165, 1.54) is 0 Å². The lowest BCUT2D eigenvalue weighted by atomic mass is 10.1. The number of likely N-dealkylation sites (N-methyl/N-ethyl adjacent to an activating group) is 1. The topological polar surface area (TPSA) is 26.7 Å². The molecule has 0 aromatic carbocycles. The Morgan fingerprint density at radius 1 is 1.38 bits per heavy atom. The van der Waals surface area contributed by atoms with Crippen LogP contribution in [0.2, 0.25) is 0 Å². The van der Waals surface area contributed by atoms with E-state index in [0.29, 0.717) is 6.04 Å². The minimum atomic E-state index is -0.565. The van der Waals surface area contributed by atoms with E-state index in [9.17, 15) is 5.11 Å². The third-order valence-electron chi connectivity index (χ3n) is 2.56. The van der Waals surface area contributed by atoms with Crippen LogP contribution in [0.1, 0.15) is 20.8 Å². The van der Waals surface area contributed by atoms with Crippen LogP contribution < -0.4 is 0 Å². The molecule has 1 saturated heterocycles. The van der Waals surface area contributed by atoms with Gasteiger partial charge in [-0.05, 0) is 27.8 Å². The lowest BCUT2D eigenvalue weighted by Gasteiger charge is -2.40. The molecule has 1 rings (SSSR count). The van der Waals surface area contributed by atoms with Gasteiger partial charge in [0.15, 0.2) is 0 Å². The SMILES string of the molecule is C[C@@H]1CN(C)CCN1CC(C)(C)O. The second-order valence-corrected chi connectivity index (χ2v) is 4.89. The van der Waals surface area contributed by atoms with Gasteiger partial charge in [0.25, 0.3) is 0 Å². The fourth-order valence-corrected chi connectivity index (χ4v) is 1.91. The van der Waals surface area contributed by atoms with E-state index in [1.54, 1.807) is 0 Å². The van der Waals surface area contributed by atoms with Crippen molar-refractivity contribution in [3.05, 3.63) is 0 Å². The minimum absolute atomic E-state index is 0.560. The zero-order chi connectivity index (χ0) is 10.1. The molecule has 0 bridgehead atoms. The summed E-state index contributed by atoms with van der Waals surface area (Å²) in [6, 6.07) is 0.560. The van der Waals surface area contributed by atoms with E-state index in [1.807, 2.05) is 13.8 Å². The maximum absolute atomic E-state index is 9.70. The molecule has 78 valence electrons. The lowest BCUT2D eigenvalue weighted by Crippen LogP contribution is -2.54. The second kappa shape index (κ2) is 3.95. The Labute approximate surface area is 81.3 Å². The van der Waals surface area contributed by atoms with Gasteiger partial charge in [-0.1, -0.05) is 0 Å². The van der Waals surface area contributed by atoms with Gasteiger partial charge in [-0.25, -0.2) is 0 Å². The van der Waals surface area contributed by atoms with Crippen molar-refractivity contribution in [3.63, 3.8) is 0 Å². The number of nitrogens with zero attached hydrogens (tertiary/aromatic N) is 2. The summed E-state index contributed by atoms with van der Waals surface area (Å²) in [5, 5.41) is 9.70. The molecule has 1 aliphatic heterocycles. The predicted octanol–water partition coefficient (Wildman–Crippen LogP) is 0.393. The number of hydrogen-bond acceptors (Lipinski definition) is 3. The molecule has 0 spiro atoms. The summed E-state index contributed by atoms with van der Waals surface area (Å²) in [5.41, 5.74) is -0.565. The third-order valence-corrected chi connectivity index (χ3v) is 2.56. The number of hydrogen-bond donors (Lipinski definition) is 1. The summed E-state index contributed by atoms with van der Waals surface area (Å²) in [7, 11) is 2.15. The van der Waals surface area contributed by atoms with Crippen molar-refractivity contribution in [2.75, 3.05) is 33.2 Å². The van der Waals surface area contributed by atoms with E-state index in [0.717, 1.165) is 26.2 Å². The largest absolute Gasteiger partial charge is 0.389 e. The van der Waals surface area contributed by atoms with Gasteiger partial charge in [0, 0.05) is 32.2 Å². The average Bonchev–Trinajstić information content (AvgIpc) is 1.93. The Morgan fingerprint density at radius 2 is 2.00 bits per heavy atom. The Kier molecular flexibility index (Phi) is 3.33. The van der Waals surface area contributed by atoms with E-state index in [4.69, 9.17) is 0 Å². The van der Waals surface area contributed by atoms with Crippen LogP contribution in [0.25, 0.3) is 0 Å². The zero-order valence-corrected chi connectivity index (χ0v) is 9.25. The molecule has 1 aliphatic rings. The molecule has 0 unspecified atom stereocenters. The lowest BCUT2D eigenvalue weighted by molar-refractivity contribution is 0.000692. The maximum Gasteiger partial charge on any atom is 0.0718 e. The van der Waals surface area contributed by atoms with Crippen LogP contribution >= 0.6 is 0 Å². The Hall–Kier alpha value is -0.120. The molecule has 0 saturated carbocycles. The number of piperazine rings is 1. The smallest absolute Gasteiger partial charge is 0.0718 e. The van der Waals surface area contributed by atoms with Crippen molar-refractivity contribution in [2.45, 2.75) is 32.4 Å². The highest BCUT2D eigenvalue weighted by Crippen LogP contribution is 2.12. The summed E-state index contributed by atoms with van der Waals surface area (Å²) in [6.45, 7) is 10.0. The van der Waals surface area contributed by atoms with Crippen LogP contribution in [-0.4, -0.2) is 59.8 Å². The maximum atomic E-state index is 9.70. The summed E-state index contributed by atoms with van der Waals surface area (Å²) in [6.07, 6.45) is 0. The molecule has 1 N–H and O–H groups in total. The van der Waals surface area contributed by atoms with Crippen LogP contribution in [0.4, 0.5) is 0 Å². The van der Waals surface area contributed by atoms with Gasteiger partial charge in [-0.15, -0.1) is 0 Å². The molecule has 0 aliphatic carbocycles. The minimum Gasteiger partial charge on any atom is -0.389 e. The van der Waals surface area contributed by atoms with E-state index in [-0.39, 0.29) is 0 Å². The van der Waals surface area contributed by atoms with Crippen LogP contribution in [-0.2, 0) is 0 Å². The van der Waals surface area contributed by atoms with Crippen molar-refractivity contribution < 1.29 is 5.11 Å². The number of β-amino-alcohol motifs (C(OH)–C–C–N with tert-alkyl or cyclic N) is 1. The molecule has 0 amide bonds. The van der Waals surface area contributed by atoms with E-state index in [2.05, 4.69) is 23.8 Å². The summed E-state index contributed by atoms with van der Waals surface area (Å²) in [5.74, 6) is 0. The molecular formula is C10H22N2O. The molecule has 0 radical (unpaired) electrons. The Balaban J connectivity index is 2.43. The van der Waals surface area contributed by atoms with Gasteiger partial charge in [-0.3, -0.25) is 4.90 Å². The highest BCUT2D eigenvalue weighted by molar-refractivity contribution is 4.81. The normalized spacial score (nSPS) is 27.9. The molecular weight excluding hydrogens is 164 g/mol. The predicted molar refractivity (Wildman–Crippen MR) is 54.8 cm³/mol. The molecule has 3 nitrogen and oxygen atoms in total. The first-order valence-corrected chi connectivity index (χ1v) is 5.03. The van der Waals surface area contributed by atoms with Gasteiger partial charge < -0.3 is 10.0 Å².